The summed E-state index contributed by atoms with van der Waals surface area (Å²) in [7, 11) is -3.53. The number of aromatic nitrogens is 1. The van der Waals surface area contributed by atoms with E-state index in [1.807, 2.05) is 0 Å². The Balaban J connectivity index is 2.00. The van der Waals surface area contributed by atoms with Crippen molar-refractivity contribution in [3.63, 3.8) is 0 Å². The summed E-state index contributed by atoms with van der Waals surface area (Å²) in [5.41, 5.74) is 0.406. The molecule has 0 spiro atoms. The lowest BCUT2D eigenvalue weighted by Crippen LogP contribution is -2.48. The molecule has 0 saturated carbocycles. The Morgan fingerprint density at radius 1 is 1.29 bits per heavy atom. The first-order valence-electron chi connectivity index (χ1n) is 6.99. The van der Waals surface area contributed by atoms with E-state index < -0.39 is 10.0 Å². The molecule has 8 heteroatoms. The van der Waals surface area contributed by atoms with E-state index in [0.717, 1.165) is 13.0 Å². The average Bonchev–Trinajstić information content (AvgIpc) is 2.79. The molecule has 21 heavy (non-hydrogen) atoms. The van der Waals surface area contributed by atoms with E-state index in [-0.39, 0.29) is 4.90 Å². The summed E-state index contributed by atoms with van der Waals surface area (Å²) < 4.78 is 31.7. The Hall–Kier alpha value is -1.43. The molecule has 2 rings (SSSR count). The number of rotatable bonds is 5. The second-order valence-corrected chi connectivity index (χ2v) is 7.04. The predicted octanol–water partition coefficient (Wildman–Crippen LogP) is 0.902. The molecule has 1 aromatic heterocycles. The number of hydrogen-bond acceptors (Lipinski definition) is 6. The van der Waals surface area contributed by atoms with Crippen molar-refractivity contribution in [3.05, 3.63) is 11.5 Å². The van der Waals surface area contributed by atoms with Crippen molar-refractivity contribution in [3.8, 4) is 6.07 Å². The summed E-state index contributed by atoms with van der Waals surface area (Å²) in [4.78, 5) is 2.39. The van der Waals surface area contributed by atoms with Gasteiger partial charge >= 0.3 is 0 Å². The minimum atomic E-state index is -3.53. The molecule has 0 unspecified atom stereocenters. The molecule has 116 valence electrons. The Morgan fingerprint density at radius 3 is 2.48 bits per heavy atom. The quantitative estimate of drug-likeness (QED) is 0.750. The van der Waals surface area contributed by atoms with Gasteiger partial charge in [0, 0.05) is 32.6 Å². The third-order valence-electron chi connectivity index (χ3n) is 3.66. The Kier molecular flexibility index (Phi) is 4.98. The molecule has 1 aromatic rings. The molecule has 1 fully saturated rings. The van der Waals surface area contributed by atoms with Crippen molar-refractivity contribution in [1.29, 1.82) is 5.26 Å². The molecule has 0 atom stereocenters. The monoisotopic (exact) mass is 312 g/mol. The zero-order valence-corrected chi connectivity index (χ0v) is 13.2. The zero-order chi connectivity index (χ0) is 15.5. The minimum Gasteiger partial charge on any atom is -0.360 e. The van der Waals surface area contributed by atoms with Gasteiger partial charge in [-0.15, -0.1) is 0 Å². The van der Waals surface area contributed by atoms with Gasteiger partial charge in [0.05, 0.1) is 6.07 Å². The fourth-order valence-corrected chi connectivity index (χ4v) is 4.26. The topological polar surface area (TPSA) is 90.4 Å². The second kappa shape index (κ2) is 6.56. The standard InChI is InChI=1S/C13H20N4O3S/c1-11-13(12(2)20-15-11)21(18,19)17-9-7-16(8-10-17)6-4-3-5-14/h3-4,6-10H2,1-2H3. The smallest absolute Gasteiger partial charge is 0.248 e. The third-order valence-corrected chi connectivity index (χ3v) is 5.80. The summed E-state index contributed by atoms with van der Waals surface area (Å²) in [6, 6.07) is 2.12. The van der Waals surface area contributed by atoms with Crippen molar-refractivity contribution < 1.29 is 12.9 Å². The van der Waals surface area contributed by atoms with Gasteiger partial charge in [0.1, 0.15) is 10.6 Å². The molecule has 0 bridgehead atoms. The van der Waals surface area contributed by atoms with Crippen LogP contribution in [-0.2, 0) is 10.0 Å². The Morgan fingerprint density at radius 2 is 1.95 bits per heavy atom. The summed E-state index contributed by atoms with van der Waals surface area (Å²) in [6.45, 7) is 6.39. The maximum Gasteiger partial charge on any atom is 0.248 e. The normalized spacial score (nSPS) is 17.8. The van der Waals surface area contributed by atoms with Crippen LogP contribution in [0.15, 0.2) is 9.42 Å². The molecule has 0 amide bonds. The SMILES string of the molecule is Cc1noc(C)c1S(=O)(=O)N1CCN(CCCC#N)CC1. The fraction of sp³-hybridized carbons (Fsp3) is 0.692. The molecule has 0 aromatic carbocycles. The zero-order valence-electron chi connectivity index (χ0n) is 12.4. The van der Waals surface area contributed by atoms with Gasteiger partial charge < -0.3 is 9.42 Å². The van der Waals surface area contributed by atoms with Crippen LogP contribution >= 0.6 is 0 Å². The van der Waals surface area contributed by atoms with Crippen LogP contribution < -0.4 is 0 Å². The molecule has 1 saturated heterocycles. The van der Waals surface area contributed by atoms with Crippen molar-refractivity contribution in [2.75, 3.05) is 32.7 Å². The molecular weight excluding hydrogens is 292 g/mol. The molecule has 0 radical (unpaired) electrons. The molecule has 0 aliphatic carbocycles. The van der Waals surface area contributed by atoms with Crippen LogP contribution in [0.25, 0.3) is 0 Å². The van der Waals surface area contributed by atoms with Crippen LogP contribution in [0.3, 0.4) is 0 Å². The van der Waals surface area contributed by atoms with E-state index >= 15 is 0 Å². The minimum absolute atomic E-state index is 0.195. The lowest BCUT2D eigenvalue weighted by molar-refractivity contribution is 0.187. The molecule has 1 aliphatic rings. The van der Waals surface area contributed by atoms with Crippen LogP contribution in [0.5, 0.6) is 0 Å². The molecule has 2 heterocycles. The highest BCUT2D eigenvalue weighted by molar-refractivity contribution is 7.89. The van der Waals surface area contributed by atoms with E-state index in [9.17, 15) is 8.42 Å². The number of nitriles is 1. The van der Waals surface area contributed by atoms with Crippen molar-refractivity contribution in [1.82, 2.24) is 14.4 Å². The Bertz CT molecular complexity index is 605. The summed E-state index contributed by atoms with van der Waals surface area (Å²) >= 11 is 0. The van der Waals surface area contributed by atoms with Gasteiger partial charge in [0.2, 0.25) is 10.0 Å². The number of hydrogen-bond donors (Lipinski definition) is 0. The van der Waals surface area contributed by atoms with Crippen LogP contribution in [0, 0.1) is 25.2 Å². The van der Waals surface area contributed by atoms with Crippen molar-refractivity contribution in [2.24, 2.45) is 0 Å². The summed E-state index contributed by atoms with van der Waals surface area (Å²) in [5, 5.41) is 12.3. The number of aryl methyl sites for hydroxylation is 2. The lowest BCUT2D eigenvalue weighted by Gasteiger charge is -2.33. The van der Waals surface area contributed by atoms with Gasteiger partial charge in [0.25, 0.3) is 0 Å². The largest absolute Gasteiger partial charge is 0.360 e. The van der Waals surface area contributed by atoms with Crippen LogP contribution in [0.4, 0.5) is 0 Å². The first-order chi connectivity index (χ1) is 9.96. The van der Waals surface area contributed by atoms with E-state index in [4.69, 9.17) is 9.78 Å². The van der Waals surface area contributed by atoms with Gasteiger partial charge in [-0.25, -0.2) is 8.42 Å². The molecule has 1 aliphatic heterocycles. The van der Waals surface area contributed by atoms with Gasteiger partial charge in [-0.3, -0.25) is 0 Å². The van der Waals surface area contributed by atoms with Gasteiger partial charge in [-0.05, 0) is 26.8 Å². The van der Waals surface area contributed by atoms with E-state index in [0.29, 0.717) is 44.1 Å². The molecule has 0 N–H and O–H groups in total. The number of piperazine rings is 1. The van der Waals surface area contributed by atoms with Gasteiger partial charge in [-0.2, -0.15) is 9.57 Å². The van der Waals surface area contributed by atoms with Gasteiger partial charge in [0.15, 0.2) is 5.76 Å². The van der Waals surface area contributed by atoms with Crippen LogP contribution in [0.1, 0.15) is 24.3 Å². The maximum absolute atomic E-state index is 12.6. The lowest BCUT2D eigenvalue weighted by atomic mass is 10.3. The first-order valence-corrected chi connectivity index (χ1v) is 8.43. The van der Waals surface area contributed by atoms with E-state index in [2.05, 4.69) is 16.1 Å². The number of unbranched alkanes of at least 4 members (excludes halogenated alkanes) is 1. The number of nitrogens with zero attached hydrogens (tertiary/aromatic N) is 4. The Labute approximate surface area is 125 Å². The maximum atomic E-state index is 12.6. The second-order valence-electron chi connectivity index (χ2n) is 5.16. The molecule has 7 nitrogen and oxygen atoms in total. The van der Waals surface area contributed by atoms with Crippen LogP contribution in [0.2, 0.25) is 0 Å². The highest BCUT2D eigenvalue weighted by atomic mass is 32.2. The van der Waals surface area contributed by atoms with Gasteiger partial charge in [-0.1, -0.05) is 5.16 Å². The van der Waals surface area contributed by atoms with Crippen molar-refractivity contribution >= 4 is 10.0 Å². The predicted molar refractivity (Wildman–Crippen MR) is 76.0 cm³/mol. The van der Waals surface area contributed by atoms with Crippen LogP contribution in [-0.4, -0.2) is 55.5 Å². The summed E-state index contributed by atoms with van der Waals surface area (Å²) in [5.74, 6) is 0.337. The highest BCUT2D eigenvalue weighted by Gasteiger charge is 2.33. The highest BCUT2D eigenvalue weighted by Crippen LogP contribution is 2.24. The van der Waals surface area contributed by atoms with E-state index in [1.54, 1.807) is 13.8 Å². The number of sulfonamides is 1. The third kappa shape index (κ3) is 3.43. The first kappa shape index (κ1) is 15.9. The molecular formula is C13H20N4O3S. The average molecular weight is 312 g/mol. The summed E-state index contributed by atoms with van der Waals surface area (Å²) in [6.07, 6.45) is 1.37. The van der Waals surface area contributed by atoms with E-state index in [1.165, 1.54) is 4.31 Å². The fourth-order valence-electron chi connectivity index (χ4n) is 2.55. The van der Waals surface area contributed by atoms with Crippen molar-refractivity contribution in [2.45, 2.75) is 31.6 Å².